The maximum absolute atomic E-state index is 11.6. The molecule has 0 fully saturated rings. The Hall–Kier alpha value is -0.210. The topological polar surface area (TPSA) is 17.1 Å². The molecule has 0 aliphatic rings. The quantitative estimate of drug-likeness (QED) is 0.455. The number of hydrogen-bond acceptors (Lipinski definition) is 1. The Bertz CT molecular complexity index is 177. The molecule has 0 N–H and O–H groups in total. The first-order valence-electron chi connectivity index (χ1n) is 3.65. The van der Waals surface area contributed by atoms with E-state index in [0.717, 1.165) is 12.3 Å². The molecule has 0 bridgehead atoms. The summed E-state index contributed by atoms with van der Waals surface area (Å²) in [5, 5.41) is 0. The third-order valence-electron chi connectivity index (χ3n) is 1.70. The monoisotopic (exact) mass is 158 g/mol. The average Bonchev–Trinajstić information content (AvgIpc) is 2.00. The first-order chi connectivity index (χ1) is 4.68. The van der Waals surface area contributed by atoms with E-state index in [-0.39, 0.29) is 0 Å². The van der Waals surface area contributed by atoms with E-state index in [9.17, 15) is 4.57 Å². The van der Waals surface area contributed by atoms with Crippen LogP contribution in [0.3, 0.4) is 0 Å². The van der Waals surface area contributed by atoms with Crippen LogP contribution < -0.4 is 0 Å². The SMILES string of the molecule is CC#CCP(=O)(CC)CC. The van der Waals surface area contributed by atoms with Gasteiger partial charge in [0.05, 0.1) is 13.3 Å². The fraction of sp³-hybridized carbons (Fsp3) is 0.750. The van der Waals surface area contributed by atoms with E-state index in [1.807, 2.05) is 13.8 Å². The Morgan fingerprint density at radius 3 is 2.10 bits per heavy atom. The van der Waals surface area contributed by atoms with Gasteiger partial charge in [-0.15, -0.1) is 5.92 Å². The van der Waals surface area contributed by atoms with Crippen molar-refractivity contribution in [3.8, 4) is 11.8 Å². The summed E-state index contributed by atoms with van der Waals surface area (Å²) in [6.07, 6.45) is 2.19. The van der Waals surface area contributed by atoms with Gasteiger partial charge in [0.1, 0.15) is 0 Å². The molecule has 0 saturated heterocycles. The minimum atomic E-state index is -1.87. The first kappa shape index (κ1) is 9.79. The van der Waals surface area contributed by atoms with Crippen molar-refractivity contribution in [3.63, 3.8) is 0 Å². The number of rotatable bonds is 3. The van der Waals surface area contributed by atoms with Gasteiger partial charge < -0.3 is 4.57 Å². The maximum atomic E-state index is 11.6. The molecule has 0 aromatic carbocycles. The second kappa shape index (κ2) is 4.58. The van der Waals surface area contributed by atoms with Crippen molar-refractivity contribution in [3.05, 3.63) is 0 Å². The third-order valence-corrected chi connectivity index (χ3v) is 4.74. The van der Waals surface area contributed by atoms with E-state index in [2.05, 4.69) is 11.8 Å². The van der Waals surface area contributed by atoms with Gasteiger partial charge >= 0.3 is 0 Å². The highest BCUT2D eigenvalue weighted by Gasteiger charge is 2.13. The van der Waals surface area contributed by atoms with Crippen LogP contribution in [-0.2, 0) is 4.57 Å². The van der Waals surface area contributed by atoms with Crippen molar-refractivity contribution >= 4 is 7.14 Å². The van der Waals surface area contributed by atoms with Gasteiger partial charge in [-0.1, -0.05) is 19.8 Å². The molecule has 0 aliphatic heterocycles. The van der Waals surface area contributed by atoms with E-state index in [0.29, 0.717) is 6.16 Å². The smallest absolute Gasteiger partial charge is 0.0985 e. The molecule has 0 radical (unpaired) electrons. The van der Waals surface area contributed by atoms with Gasteiger partial charge in [-0.2, -0.15) is 0 Å². The molecule has 0 atom stereocenters. The van der Waals surface area contributed by atoms with Gasteiger partial charge in [-0.3, -0.25) is 0 Å². The van der Waals surface area contributed by atoms with Crippen LogP contribution in [0.15, 0.2) is 0 Å². The van der Waals surface area contributed by atoms with Crippen molar-refractivity contribution in [2.24, 2.45) is 0 Å². The fourth-order valence-electron chi connectivity index (χ4n) is 0.670. The maximum Gasteiger partial charge on any atom is 0.0985 e. The molecule has 0 aromatic heterocycles. The second-order valence-electron chi connectivity index (χ2n) is 2.28. The zero-order chi connectivity index (χ0) is 8.04. The van der Waals surface area contributed by atoms with Gasteiger partial charge in [0.15, 0.2) is 0 Å². The molecule has 0 amide bonds. The molecule has 10 heavy (non-hydrogen) atoms. The minimum Gasteiger partial charge on any atom is -0.323 e. The summed E-state index contributed by atoms with van der Waals surface area (Å²) < 4.78 is 11.6. The molecule has 0 saturated carbocycles. The summed E-state index contributed by atoms with van der Waals surface area (Å²) in [6, 6.07) is 0. The summed E-state index contributed by atoms with van der Waals surface area (Å²) in [5.74, 6) is 5.65. The van der Waals surface area contributed by atoms with Crippen LogP contribution in [-0.4, -0.2) is 18.5 Å². The van der Waals surface area contributed by atoms with Gasteiger partial charge in [-0.25, -0.2) is 0 Å². The third kappa shape index (κ3) is 3.08. The number of hydrogen-bond donors (Lipinski definition) is 0. The predicted octanol–water partition coefficient (Wildman–Crippen LogP) is 2.41. The molecule has 0 unspecified atom stereocenters. The van der Waals surface area contributed by atoms with Gasteiger partial charge in [0.25, 0.3) is 0 Å². The lowest BCUT2D eigenvalue weighted by molar-refractivity contribution is 0.578. The second-order valence-corrected chi connectivity index (χ2v) is 5.97. The van der Waals surface area contributed by atoms with Crippen LogP contribution in [0.2, 0.25) is 0 Å². The van der Waals surface area contributed by atoms with E-state index in [1.54, 1.807) is 6.92 Å². The molecule has 1 nitrogen and oxygen atoms in total. The van der Waals surface area contributed by atoms with Gasteiger partial charge in [-0.05, 0) is 19.2 Å². The normalized spacial score (nSPS) is 10.3. The zero-order valence-corrected chi connectivity index (χ0v) is 7.87. The molecule has 0 rings (SSSR count). The lowest BCUT2D eigenvalue weighted by atomic mass is 10.7. The Kier molecular flexibility index (Phi) is 4.49. The molecule has 58 valence electrons. The predicted molar refractivity (Wildman–Crippen MR) is 47.0 cm³/mol. The summed E-state index contributed by atoms with van der Waals surface area (Å²) in [5.41, 5.74) is 0. The van der Waals surface area contributed by atoms with E-state index in [4.69, 9.17) is 0 Å². The Morgan fingerprint density at radius 2 is 1.80 bits per heavy atom. The van der Waals surface area contributed by atoms with Crippen molar-refractivity contribution < 1.29 is 4.57 Å². The standard InChI is InChI=1S/C8H15OP/c1-4-7-8-10(9,5-2)6-3/h5-6,8H2,1-3H3. The van der Waals surface area contributed by atoms with Crippen LogP contribution >= 0.6 is 7.14 Å². The van der Waals surface area contributed by atoms with Crippen LogP contribution in [0, 0.1) is 11.8 Å². The van der Waals surface area contributed by atoms with E-state index < -0.39 is 7.14 Å². The van der Waals surface area contributed by atoms with E-state index in [1.165, 1.54) is 0 Å². The molecule has 2 heteroatoms. The van der Waals surface area contributed by atoms with Crippen molar-refractivity contribution in [1.29, 1.82) is 0 Å². The molecule has 0 aromatic rings. The van der Waals surface area contributed by atoms with Crippen LogP contribution in [0.1, 0.15) is 20.8 Å². The Balaban J connectivity index is 4.03. The molecule has 0 spiro atoms. The lowest BCUT2D eigenvalue weighted by Crippen LogP contribution is -1.92. The summed E-state index contributed by atoms with van der Waals surface area (Å²) in [7, 11) is -1.87. The lowest BCUT2D eigenvalue weighted by Gasteiger charge is -2.08. The molecular weight excluding hydrogens is 143 g/mol. The highest BCUT2D eigenvalue weighted by molar-refractivity contribution is 7.64. The largest absolute Gasteiger partial charge is 0.323 e. The minimum absolute atomic E-state index is 0.608. The first-order valence-corrected chi connectivity index (χ1v) is 5.91. The molecule has 0 aliphatic carbocycles. The van der Waals surface area contributed by atoms with Crippen LogP contribution in [0.5, 0.6) is 0 Å². The zero-order valence-electron chi connectivity index (χ0n) is 6.98. The van der Waals surface area contributed by atoms with Crippen LogP contribution in [0.25, 0.3) is 0 Å². The summed E-state index contributed by atoms with van der Waals surface area (Å²) in [4.78, 5) is 0. The average molecular weight is 158 g/mol. The van der Waals surface area contributed by atoms with Gasteiger partial charge in [0, 0.05) is 0 Å². The van der Waals surface area contributed by atoms with E-state index >= 15 is 0 Å². The summed E-state index contributed by atoms with van der Waals surface area (Å²) in [6.45, 7) is 5.74. The highest BCUT2D eigenvalue weighted by Crippen LogP contribution is 2.43. The van der Waals surface area contributed by atoms with Crippen LogP contribution in [0.4, 0.5) is 0 Å². The Morgan fingerprint density at radius 1 is 1.30 bits per heavy atom. The van der Waals surface area contributed by atoms with Gasteiger partial charge in [0.2, 0.25) is 0 Å². The van der Waals surface area contributed by atoms with Crippen molar-refractivity contribution in [2.45, 2.75) is 20.8 Å². The Labute approximate surface area is 63.6 Å². The fourth-order valence-corrected chi connectivity index (χ4v) is 2.01. The van der Waals surface area contributed by atoms with Crippen molar-refractivity contribution in [1.82, 2.24) is 0 Å². The molecule has 0 heterocycles. The molecular formula is C8H15OP. The summed E-state index contributed by atoms with van der Waals surface area (Å²) >= 11 is 0. The highest BCUT2D eigenvalue weighted by atomic mass is 31.2. The van der Waals surface area contributed by atoms with Crippen molar-refractivity contribution in [2.75, 3.05) is 18.5 Å².